The van der Waals surface area contributed by atoms with Gasteiger partial charge >= 0.3 is 0 Å². The number of anilines is 1. The molecule has 10 nitrogen and oxygen atoms in total. The van der Waals surface area contributed by atoms with Gasteiger partial charge in [-0.2, -0.15) is 4.98 Å². The first kappa shape index (κ1) is 34.5. The average Bonchev–Trinajstić information content (AvgIpc) is 3.59. The van der Waals surface area contributed by atoms with E-state index in [0.717, 1.165) is 41.2 Å². The van der Waals surface area contributed by atoms with Crippen LogP contribution in [-0.4, -0.2) is 64.8 Å². The van der Waals surface area contributed by atoms with E-state index in [4.69, 9.17) is 9.72 Å². The number of likely N-dealkylation sites (tertiary alicyclic amines) is 1. The highest BCUT2D eigenvalue weighted by Gasteiger charge is 2.32. The normalized spacial score (nSPS) is 18.9. The fourth-order valence-electron chi connectivity index (χ4n) is 6.86. The molecule has 1 amide bonds. The minimum atomic E-state index is -4.16. The van der Waals surface area contributed by atoms with E-state index >= 15 is 0 Å². The molecular formula is C38H46N6O4S. The van der Waals surface area contributed by atoms with Crippen LogP contribution in [0.25, 0.3) is 11.3 Å². The quantitative estimate of drug-likeness (QED) is 0.232. The lowest BCUT2D eigenvalue weighted by atomic mass is 9.87. The highest BCUT2D eigenvalue weighted by atomic mass is 32.2. The summed E-state index contributed by atoms with van der Waals surface area (Å²) >= 11 is 0. The number of carbonyl (C=O) groups excluding carboxylic acids is 1. The number of rotatable bonds is 6. The minimum absolute atomic E-state index is 0.0620. The molecule has 2 atom stereocenters. The number of sulfonamides is 1. The summed E-state index contributed by atoms with van der Waals surface area (Å²) in [6, 6.07) is 19.6. The van der Waals surface area contributed by atoms with Crippen LogP contribution in [0.1, 0.15) is 85.9 Å². The molecular weight excluding hydrogens is 637 g/mol. The second-order valence-corrected chi connectivity index (χ2v) is 16.1. The van der Waals surface area contributed by atoms with Crippen molar-refractivity contribution in [2.75, 3.05) is 24.4 Å². The summed E-state index contributed by atoms with van der Waals surface area (Å²) in [4.78, 5) is 32.9. The maximum Gasteiger partial charge on any atom is 0.264 e. The van der Waals surface area contributed by atoms with E-state index in [2.05, 4.69) is 47.3 Å². The largest absolute Gasteiger partial charge is 0.475 e. The lowest BCUT2D eigenvalue weighted by molar-refractivity contribution is 0.0509. The number of ether oxygens (including phenoxy) is 1. The molecule has 2 aliphatic heterocycles. The predicted molar refractivity (Wildman–Crippen MR) is 191 cm³/mol. The number of carbonyl (C=O) groups is 1. The van der Waals surface area contributed by atoms with Crippen LogP contribution < -0.4 is 9.46 Å². The first-order chi connectivity index (χ1) is 23.3. The van der Waals surface area contributed by atoms with Gasteiger partial charge in [-0.15, -0.1) is 0 Å². The van der Waals surface area contributed by atoms with Crippen LogP contribution in [0, 0.1) is 19.3 Å². The van der Waals surface area contributed by atoms with Gasteiger partial charge in [-0.3, -0.25) is 14.7 Å². The molecule has 1 saturated heterocycles. The monoisotopic (exact) mass is 682 g/mol. The van der Waals surface area contributed by atoms with E-state index in [0.29, 0.717) is 12.1 Å². The molecule has 2 aliphatic rings. The van der Waals surface area contributed by atoms with Gasteiger partial charge in [-0.1, -0.05) is 51.1 Å². The van der Waals surface area contributed by atoms with Crippen molar-refractivity contribution in [2.24, 2.45) is 5.41 Å². The zero-order valence-electron chi connectivity index (χ0n) is 29.2. The van der Waals surface area contributed by atoms with Crippen molar-refractivity contribution in [1.29, 1.82) is 0 Å². The zero-order valence-corrected chi connectivity index (χ0v) is 30.0. The van der Waals surface area contributed by atoms with E-state index < -0.39 is 16.1 Å². The lowest BCUT2D eigenvalue weighted by Gasteiger charge is -2.35. The number of benzene rings is 2. The average molecular weight is 683 g/mol. The Morgan fingerprint density at radius 3 is 2.35 bits per heavy atom. The Bertz CT molecular complexity index is 1930. The van der Waals surface area contributed by atoms with Gasteiger partial charge in [0.1, 0.15) is 6.61 Å². The molecule has 0 spiro atoms. The van der Waals surface area contributed by atoms with Crippen molar-refractivity contribution in [3.8, 4) is 17.1 Å². The van der Waals surface area contributed by atoms with Crippen molar-refractivity contribution in [1.82, 2.24) is 24.8 Å². The molecule has 11 heteroatoms. The topological polar surface area (TPSA) is 118 Å². The molecule has 0 radical (unpaired) electrons. The van der Waals surface area contributed by atoms with E-state index in [1.54, 1.807) is 23.1 Å². The number of fused-ring (bicyclic) bond motifs is 4. The number of nitrogens with one attached hydrogen (secondary N) is 1. The molecule has 2 aromatic carbocycles. The minimum Gasteiger partial charge on any atom is -0.475 e. The predicted octanol–water partition coefficient (Wildman–Crippen LogP) is 6.95. The van der Waals surface area contributed by atoms with Gasteiger partial charge in [-0.05, 0) is 100.0 Å². The summed E-state index contributed by atoms with van der Waals surface area (Å²) < 4.78 is 36.4. The van der Waals surface area contributed by atoms with Crippen LogP contribution in [0.4, 0.5) is 5.95 Å². The molecule has 1 N–H and O–H groups in total. The van der Waals surface area contributed by atoms with Crippen LogP contribution in [0.2, 0.25) is 0 Å². The highest BCUT2D eigenvalue weighted by molar-refractivity contribution is 7.92. The molecule has 6 rings (SSSR count). The first-order valence-electron chi connectivity index (χ1n) is 17.0. The fraction of sp³-hybridized carbons (Fsp3) is 0.421. The number of hydrogen-bond acceptors (Lipinski definition) is 8. The molecule has 0 saturated carbocycles. The number of pyridine rings is 1. The van der Waals surface area contributed by atoms with E-state index in [9.17, 15) is 13.2 Å². The van der Waals surface area contributed by atoms with Gasteiger partial charge in [0.05, 0.1) is 34.6 Å². The summed E-state index contributed by atoms with van der Waals surface area (Å²) in [5.74, 6) is -0.200. The summed E-state index contributed by atoms with van der Waals surface area (Å²) in [6.07, 6.45) is 2.98. The lowest BCUT2D eigenvalue weighted by Crippen LogP contribution is -2.45. The third kappa shape index (κ3) is 7.94. The van der Waals surface area contributed by atoms with E-state index in [1.807, 2.05) is 50.2 Å². The Kier molecular flexibility index (Phi) is 9.77. The van der Waals surface area contributed by atoms with Crippen molar-refractivity contribution in [2.45, 2.75) is 84.3 Å². The molecule has 0 unspecified atom stereocenters. The van der Waals surface area contributed by atoms with Crippen molar-refractivity contribution < 1.29 is 17.9 Å². The van der Waals surface area contributed by atoms with E-state index in [1.165, 1.54) is 25.0 Å². The van der Waals surface area contributed by atoms with Crippen LogP contribution in [0.15, 0.2) is 71.6 Å². The second-order valence-electron chi connectivity index (χ2n) is 14.5. The molecule has 4 aromatic rings. The van der Waals surface area contributed by atoms with Gasteiger partial charge in [0, 0.05) is 23.2 Å². The number of aryl methyl sites for hydroxylation is 2. The molecule has 4 bridgehead atoms. The zero-order chi connectivity index (χ0) is 34.9. The van der Waals surface area contributed by atoms with Crippen molar-refractivity contribution in [3.05, 3.63) is 94.8 Å². The summed E-state index contributed by atoms with van der Waals surface area (Å²) in [5, 5.41) is 0. The van der Waals surface area contributed by atoms with Gasteiger partial charge in [0.15, 0.2) is 0 Å². The number of nitrogens with zero attached hydrogens (tertiary/aromatic N) is 5. The second kappa shape index (κ2) is 13.9. The van der Waals surface area contributed by atoms with Crippen molar-refractivity contribution >= 4 is 21.9 Å². The highest BCUT2D eigenvalue weighted by Crippen LogP contribution is 2.32. The SMILES string of the molecule is Cc1cccc(C)c1-c1cc2nc(n1)NS(=O)(=O)c1cccc(c1)C(=O)N(Cc1cccc([C@@H](C)N3CCCC3)n1)[C@H](CC(C)(C)C)CO2. The fourth-order valence-corrected chi connectivity index (χ4v) is 7.85. The standard InChI is InChI=1S/C38H46N6O4S/c1-25-12-9-13-26(2)35(25)33-21-34-41-37(40-33)42-49(46,47)31-16-10-14-28(20-31)36(45)44(30(24-48-34)22-38(4,5)6)23-29-15-11-17-32(39-29)27(3)43-18-7-8-19-43/h9-17,20-21,27,30H,7-8,18-19,22-24H2,1-6H3,(H,40,41,42)/t27-,30-/m1/s1. The smallest absolute Gasteiger partial charge is 0.264 e. The Morgan fingerprint density at radius 1 is 0.939 bits per heavy atom. The van der Waals surface area contributed by atoms with Crippen molar-refractivity contribution in [3.63, 3.8) is 0 Å². The number of hydrogen-bond donors (Lipinski definition) is 1. The maximum atomic E-state index is 14.5. The van der Waals surface area contributed by atoms with Crippen LogP contribution >= 0.6 is 0 Å². The van der Waals surface area contributed by atoms with Crippen LogP contribution in [0.5, 0.6) is 5.88 Å². The Labute approximate surface area is 290 Å². The third-order valence-corrected chi connectivity index (χ3v) is 10.6. The molecule has 258 valence electrons. The third-order valence-electron chi connectivity index (χ3n) is 9.31. The van der Waals surface area contributed by atoms with Crippen LogP contribution in [-0.2, 0) is 16.6 Å². The molecule has 2 aromatic heterocycles. The van der Waals surface area contributed by atoms with E-state index in [-0.39, 0.29) is 52.8 Å². The Balaban J connectivity index is 1.45. The summed E-state index contributed by atoms with van der Waals surface area (Å²) in [6.45, 7) is 15.0. The van der Waals surface area contributed by atoms with Gasteiger partial charge in [-0.25, -0.2) is 18.1 Å². The molecule has 1 fully saturated rings. The number of amides is 1. The van der Waals surface area contributed by atoms with Crippen LogP contribution in [0.3, 0.4) is 0 Å². The Morgan fingerprint density at radius 2 is 1.63 bits per heavy atom. The van der Waals surface area contributed by atoms with Gasteiger partial charge in [0.2, 0.25) is 11.8 Å². The molecule has 49 heavy (non-hydrogen) atoms. The molecule has 4 heterocycles. The number of aromatic nitrogens is 3. The maximum absolute atomic E-state index is 14.5. The summed E-state index contributed by atoms with van der Waals surface area (Å²) in [5.41, 5.74) is 5.19. The van der Waals surface area contributed by atoms with Gasteiger partial charge < -0.3 is 9.64 Å². The summed E-state index contributed by atoms with van der Waals surface area (Å²) in [7, 11) is -4.16. The van der Waals surface area contributed by atoms with Gasteiger partial charge in [0.25, 0.3) is 15.9 Å². The first-order valence-corrected chi connectivity index (χ1v) is 18.5. The molecule has 0 aliphatic carbocycles. The Hall–Kier alpha value is -4.35.